The van der Waals surface area contributed by atoms with Gasteiger partial charge in [0.05, 0.1) is 12.1 Å². The van der Waals surface area contributed by atoms with E-state index in [1.807, 2.05) is 0 Å². The van der Waals surface area contributed by atoms with E-state index in [9.17, 15) is 24.0 Å². The Morgan fingerprint density at radius 1 is 0.844 bits per heavy atom. The molecule has 11 heteroatoms. The molecule has 1 amide bonds. The highest BCUT2D eigenvalue weighted by Gasteiger charge is 2.50. The number of carbonyl (C=O) groups excluding carboxylic acids is 5. The first-order chi connectivity index (χ1) is 14.7. The molecule has 0 unspecified atom stereocenters. The Morgan fingerprint density at radius 2 is 1.41 bits per heavy atom. The Morgan fingerprint density at radius 3 is 1.88 bits per heavy atom. The third-order valence-electron chi connectivity index (χ3n) is 4.27. The number of rotatable bonds is 8. The highest BCUT2D eigenvalue weighted by atomic mass is 16.6. The lowest BCUT2D eigenvalue weighted by atomic mass is 9.89. The first-order valence-corrected chi connectivity index (χ1v) is 10.3. The second-order valence-corrected chi connectivity index (χ2v) is 8.52. The molecule has 0 spiro atoms. The summed E-state index contributed by atoms with van der Waals surface area (Å²) in [7, 11) is 0. The van der Waals surface area contributed by atoms with Gasteiger partial charge in [0.2, 0.25) is 5.91 Å². The maximum atomic E-state index is 12.2. The average Bonchev–Trinajstić information content (AvgIpc) is 2.59. The first-order valence-electron chi connectivity index (χ1n) is 10.3. The summed E-state index contributed by atoms with van der Waals surface area (Å²) in [5, 5.41) is 2.66. The van der Waals surface area contributed by atoms with Crippen molar-refractivity contribution in [2.24, 2.45) is 0 Å². The summed E-state index contributed by atoms with van der Waals surface area (Å²) in [6.45, 7) is 9.71. The number of esters is 4. The highest BCUT2D eigenvalue weighted by Crippen LogP contribution is 2.29. The van der Waals surface area contributed by atoms with Gasteiger partial charge in [-0.2, -0.15) is 0 Å². The van der Waals surface area contributed by atoms with Gasteiger partial charge in [-0.1, -0.05) is 0 Å². The Labute approximate surface area is 187 Å². The van der Waals surface area contributed by atoms with Crippen molar-refractivity contribution in [2.45, 2.75) is 97.4 Å². The van der Waals surface area contributed by atoms with Crippen molar-refractivity contribution in [1.29, 1.82) is 0 Å². The summed E-state index contributed by atoms with van der Waals surface area (Å²) in [5.74, 6) is -2.88. The van der Waals surface area contributed by atoms with Gasteiger partial charge in [-0.25, -0.2) is 0 Å². The number of amides is 1. The minimum Gasteiger partial charge on any atom is -0.463 e. The zero-order valence-electron chi connectivity index (χ0n) is 19.6. The Bertz CT molecular complexity index is 714. The zero-order chi connectivity index (χ0) is 24.6. The van der Waals surface area contributed by atoms with Gasteiger partial charge in [-0.15, -0.1) is 0 Å². The van der Waals surface area contributed by atoms with Crippen LogP contribution >= 0.6 is 0 Å². The molecule has 32 heavy (non-hydrogen) atoms. The Hall–Kier alpha value is -2.69. The zero-order valence-corrected chi connectivity index (χ0v) is 19.6. The van der Waals surface area contributed by atoms with Crippen LogP contribution in [0.2, 0.25) is 0 Å². The fraction of sp³-hybridized carbons (Fsp3) is 0.762. The number of nitrogens with one attached hydrogen (secondary N) is 1. The van der Waals surface area contributed by atoms with Gasteiger partial charge in [0, 0.05) is 34.1 Å². The molecule has 0 aromatic heterocycles. The highest BCUT2D eigenvalue weighted by molar-refractivity contribution is 5.74. The summed E-state index contributed by atoms with van der Waals surface area (Å²) in [4.78, 5) is 58.9. The van der Waals surface area contributed by atoms with Crippen LogP contribution in [0.5, 0.6) is 0 Å². The van der Waals surface area contributed by atoms with Crippen LogP contribution in [0.15, 0.2) is 0 Å². The second kappa shape index (κ2) is 11.8. The summed E-state index contributed by atoms with van der Waals surface area (Å²) >= 11 is 0. The summed E-state index contributed by atoms with van der Waals surface area (Å²) in [5.41, 5.74) is -0.680. The van der Waals surface area contributed by atoms with Crippen molar-refractivity contribution in [1.82, 2.24) is 5.32 Å². The van der Waals surface area contributed by atoms with E-state index >= 15 is 0 Å². The van der Waals surface area contributed by atoms with E-state index in [0.29, 0.717) is 0 Å². The van der Waals surface area contributed by atoms with Crippen LogP contribution in [0, 0.1) is 0 Å². The van der Waals surface area contributed by atoms with Crippen molar-refractivity contribution < 1.29 is 47.7 Å². The smallest absolute Gasteiger partial charge is 0.306 e. The molecular formula is C21H33NO10. The van der Waals surface area contributed by atoms with Crippen molar-refractivity contribution in [2.75, 3.05) is 6.61 Å². The molecule has 1 saturated heterocycles. The lowest BCUT2D eigenvalue weighted by Gasteiger charge is -2.45. The molecule has 0 radical (unpaired) electrons. The molecule has 11 nitrogen and oxygen atoms in total. The first kappa shape index (κ1) is 27.3. The minimum absolute atomic E-state index is 0.0523. The maximum Gasteiger partial charge on any atom is 0.306 e. The van der Waals surface area contributed by atoms with E-state index in [-0.39, 0.29) is 19.4 Å². The van der Waals surface area contributed by atoms with E-state index < -0.39 is 65.8 Å². The molecule has 1 aliphatic heterocycles. The molecule has 5 atom stereocenters. The van der Waals surface area contributed by atoms with Crippen LogP contribution in [0.4, 0.5) is 0 Å². The molecule has 0 saturated carbocycles. The third kappa shape index (κ3) is 9.63. The predicted octanol–water partition coefficient (Wildman–Crippen LogP) is 0.807. The monoisotopic (exact) mass is 459 g/mol. The molecule has 1 aliphatic rings. The maximum absolute atomic E-state index is 12.2. The predicted molar refractivity (Wildman–Crippen MR) is 109 cm³/mol. The SMILES string of the molecule is CC(=O)N[C@H]1[C@@H](OC(C)=O)[C@H](OC(C)=O)[C@@H](COC(C)=O)O[C@@H]1CCC(=O)OC(C)(C)C. The molecular weight excluding hydrogens is 426 g/mol. The van der Waals surface area contributed by atoms with Crippen LogP contribution < -0.4 is 5.32 Å². The van der Waals surface area contributed by atoms with Crippen LogP contribution in [0.1, 0.15) is 61.3 Å². The van der Waals surface area contributed by atoms with Crippen molar-refractivity contribution >= 4 is 29.8 Å². The average molecular weight is 459 g/mol. The molecule has 1 rings (SSSR count). The third-order valence-corrected chi connectivity index (χ3v) is 4.27. The molecule has 1 fully saturated rings. The lowest BCUT2D eigenvalue weighted by Crippen LogP contribution is -2.66. The van der Waals surface area contributed by atoms with E-state index in [0.717, 1.165) is 6.92 Å². The fourth-order valence-electron chi connectivity index (χ4n) is 3.32. The van der Waals surface area contributed by atoms with Crippen LogP contribution in [-0.4, -0.2) is 72.5 Å². The van der Waals surface area contributed by atoms with E-state index in [2.05, 4.69) is 5.32 Å². The van der Waals surface area contributed by atoms with Gasteiger partial charge in [-0.3, -0.25) is 24.0 Å². The Kier molecular flexibility index (Phi) is 10.1. The summed E-state index contributed by atoms with van der Waals surface area (Å²) < 4.78 is 27.1. The normalized spacial score (nSPS) is 25.3. The number of hydrogen-bond donors (Lipinski definition) is 1. The molecule has 1 N–H and O–H groups in total. The summed E-state index contributed by atoms with van der Waals surface area (Å²) in [6, 6.07) is -0.934. The fourth-order valence-corrected chi connectivity index (χ4v) is 3.32. The van der Waals surface area contributed by atoms with E-state index in [4.69, 9.17) is 23.7 Å². The molecule has 0 aromatic carbocycles. The van der Waals surface area contributed by atoms with Crippen molar-refractivity contribution in [3.63, 3.8) is 0 Å². The molecule has 0 aliphatic carbocycles. The molecule has 182 valence electrons. The minimum atomic E-state index is -1.16. The van der Waals surface area contributed by atoms with Crippen LogP contribution in [0.3, 0.4) is 0 Å². The lowest BCUT2D eigenvalue weighted by molar-refractivity contribution is -0.224. The van der Waals surface area contributed by atoms with Gasteiger partial charge in [0.25, 0.3) is 0 Å². The topological polar surface area (TPSA) is 144 Å². The molecule has 0 aromatic rings. The number of hydrogen-bond acceptors (Lipinski definition) is 10. The van der Waals surface area contributed by atoms with Gasteiger partial charge >= 0.3 is 23.9 Å². The van der Waals surface area contributed by atoms with Crippen molar-refractivity contribution in [3.8, 4) is 0 Å². The van der Waals surface area contributed by atoms with Crippen LogP contribution in [0.25, 0.3) is 0 Å². The van der Waals surface area contributed by atoms with Gasteiger partial charge in [0.15, 0.2) is 12.2 Å². The van der Waals surface area contributed by atoms with Crippen molar-refractivity contribution in [3.05, 3.63) is 0 Å². The van der Waals surface area contributed by atoms with Gasteiger partial charge in [0.1, 0.15) is 18.3 Å². The van der Waals surface area contributed by atoms with Gasteiger partial charge < -0.3 is 29.0 Å². The largest absolute Gasteiger partial charge is 0.463 e. The van der Waals surface area contributed by atoms with E-state index in [1.54, 1.807) is 20.8 Å². The number of ether oxygens (including phenoxy) is 5. The van der Waals surface area contributed by atoms with Gasteiger partial charge in [-0.05, 0) is 27.2 Å². The number of carbonyl (C=O) groups is 5. The van der Waals surface area contributed by atoms with E-state index in [1.165, 1.54) is 20.8 Å². The Balaban J connectivity index is 3.23. The molecule has 1 heterocycles. The standard InChI is InChI=1S/C21H33NO10/c1-11(23)22-18-15(8-9-17(27)32-21(5,6)7)31-16(10-28-12(2)24)19(29-13(3)25)20(18)30-14(4)26/h15-16,18-20H,8-10H2,1-7H3,(H,22,23)/t15-,16-,18-,19-,20-/m1/s1. The summed E-state index contributed by atoms with van der Waals surface area (Å²) in [6.07, 6.45) is -4.09. The molecule has 0 bridgehead atoms. The quantitative estimate of drug-likeness (QED) is 0.409. The second-order valence-electron chi connectivity index (χ2n) is 8.52. The van der Waals surface area contributed by atoms with Crippen LogP contribution in [-0.2, 0) is 47.7 Å².